The van der Waals surface area contributed by atoms with E-state index in [1.807, 2.05) is 0 Å². The molecule has 0 saturated carbocycles. The van der Waals surface area contributed by atoms with Crippen molar-refractivity contribution >= 4 is 61.9 Å². The van der Waals surface area contributed by atoms with Crippen molar-refractivity contribution in [3.63, 3.8) is 0 Å². The van der Waals surface area contributed by atoms with Gasteiger partial charge in [0.25, 0.3) is 5.91 Å². The molecule has 0 atom stereocenters. The predicted octanol–water partition coefficient (Wildman–Crippen LogP) is 4.49. The second-order valence-corrected chi connectivity index (χ2v) is 9.83. The molecule has 0 fully saturated rings. The molecule has 8 nitrogen and oxygen atoms in total. The van der Waals surface area contributed by atoms with Crippen LogP contribution in [-0.4, -0.2) is 45.4 Å². The van der Waals surface area contributed by atoms with Crippen molar-refractivity contribution < 1.29 is 31.1 Å². The summed E-state index contributed by atoms with van der Waals surface area (Å²) in [6.45, 7) is -0.874. The van der Waals surface area contributed by atoms with Crippen LogP contribution in [0, 0.1) is 0 Å². The minimum Gasteiger partial charge on any atom is -0.497 e. The summed E-state index contributed by atoms with van der Waals surface area (Å²) in [5.74, 6) is -0.346. The molecule has 0 saturated heterocycles. The van der Waals surface area contributed by atoms with E-state index in [1.54, 1.807) is 24.3 Å². The van der Waals surface area contributed by atoms with Crippen LogP contribution in [-0.2, 0) is 21.0 Å². The number of alkyl halides is 3. The summed E-state index contributed by atoms with van der Waals surface area (Å²) in [5, 5.41) is 4.25. The van der Waals surface area contributed by atoms with Gasteiger partial charge in [-0.15, -0.1) is 0 Å². The van der Waals surface area contributed by atoms with E-state index in [0.29, 0.717) is 38.7 Å². The number of fused-ring (bicyclic) bond motifs is 1. The predicted molar refractivity (Wildman–Crippen MR) is 128 cm³/mol. The first-order chi connectivity index (χ1) is 16.3. The number of carbonyl (C=O) groups excluding carboxylic acids is 1. The fraction of sp³-hybridized carbons (Fsp3) is 0.190. The number of pyridine rings is 1. The molecule has 14 heteroatoms. The molecule has 0 aliphatic heterocycles. The lowest BCUT2D eigenvalue weighted by Gasteiger charge is -2.23. The molecule has 1 aromatic heterocycles. The lowest BCUT2D eigenvalue weighted by Crippen LogP contribution is -2.39. The first-order valence-electron chi connectivity index (χ1n) is 9.60. The van der Waals surface area contributed by atoms with E-state index in [1.165, 1.54) is 13.3 Å². The maximum absolute atomic E-state index is 13.1. The van der Waals surface area contributed by atoms with E-state index in [0.717, 1.165) is 12.3 Å². The monoisotopic (exact) mass is 548 g/mol. The molecule has 186 valence electrons. The van der Waals surface area contributed by atoms with E-state index >= 15 is 0 Å². The Morgan fingerprint density at radius 1 is 1.20 bits per heavy atom. The Kier molecular flexibility index (Phi) is 7.77. The van der Waals surface area contributed by atoms with Crippen LogP contribution in [0.5, 0.6) is 5.75 Å². The third-order valence-corrected chi connectivity index (χ3v) is 6.38. The Bertz CT molecular complexity index is 1420. The average Bonchev–Trinajstić information content (AvgIpc) is 2.76. The van der Waals surface area contributed by atoms with Crippen LogP contribution >= 0.6 is 23.2 Å². The topological polar surface area (TPSA) is 101 Å². The number of carbonyl (C=O) groups is 1. The van der Waals surface area contributed by atoms with E-state index in [9.17, 15) is 26.4 Å². The molecule has 0 aliphatic carbocycles. The number of anilines is 1. The summed E-state index contributed by atoms with van der Waals surface area (Å²) in [5.41, 5.74) is 1.41. The molecule has 0 radical (unpaired) electrons. The van der Waals surface area contributed by atoms with Crippen LogP contribution < -0.4 is 14.5 Å². The maximum atomic E-state index is 13.1. The first-order valence-corrected chi connectivity index (χ1v) is 12.2. The van der Waals surface area contributed by atoms with Gasteiger partial charge in [-0.2, -0.15) is 18.3 Å². The molecule has 35 heavy (non-hydrogen) atoms. The largest absolute Gasteiger partial charge is 0.497 e. The van der Waals surface area contributed by atoms with Crippen LogP contribution in [0.3, 0.4) is 0 Å². The van der Waals surface area contributed by atoms with Gasteiger partial charge >= 0.3 is 6.18 Å². The SMILES string of the molecule is COc1ccc2cc(/C=N\NC(=O)CN(c3cc(C(F)(F)F)ccc3Cl)S(C)(=O)=O)c(Cl)nc2c1. The van der Waals surface area contributed by atoms with E-state index in [4.69, 9.17) is 27.9 Å². The zero-order chi connectivity index (χ0) is 26.0. The Balaban J connectivity index is 1.80. The summed E-state index contributed by atoms with van der Waals surface area (Å²) >= 11 is 12.1. The van der Waals surface area contributed by atoms with Crippen molar-refractivity contribution in [1.82, 2.24) is 10.4 Å². The number of nitrogens with zero attached hydrogens (tertiary/aromatic N) is 3. The van der Waals surface area contributed by atoms with E-state index in [-0.39, 0.29) is 10.2 Å². The number of ether oxygens (including phenoxy) is 1. The van der Waals surface area contributed by atoms with Gasteiger partial charge in [-0.3, -0.25) is 9.10 Å². The molecule has 0 spiro atoms. The molecule has 1 N–H and O–H groups in total. The Hall–Kier alpha value is -3.09. The van der Waals surface area contributed by atoms with Gasteiger partial charge < -0.3 is 4.74 Å². The highest BCUT2D eigenvalue weighted by molar-refractivity contribution is 7.92. The van der Waals surface area contributed by atoms with Crippen molar-refractivity contribution in [3.8, 4) is 5.75 Å². The lowest BCUT2D eigenvalue weighted by molar-refractivity contribution is -0.137. The average molecular weight is 549 g/mol. The third-order valence-electron chi connectivity index (χ3n) is 4.63. The van der Waals surface area contributed by atoms with Crippen LogP contribution in [0.1, 0.15) is 11.1 Å². The number of methoxy groups -OCH3 is 1. The van der Waals surface area contributed by atoms with Gasteiger partial charge in [-0.25, -0.2) is 18.8 Å². The van der Waals surface area contributed by atoms with Gasteiger partial charge in [-0.05, 0) is 36.4 Å². The van der Waals surface area contributed by atoms with E-state index in [2.05, 4.69) is 15.5 Å². The van der Waals surface area contributed by atoms with Crippen LogP contribution in [0.4, 0.5) is 18.9 Å². The first kappa shape index (κ1) is 26.5. The lowest BCUT2D eigenvalue weighted by atomic mass is 10.1. The van der Waals surface area contributed by atoms with Crippen molar-refractivity contribution in [2.45, 2.75) is 6.18 Å². The molecule has 2 aromatic carbocycles. The smallest absolute Gasteiger partial charge is 0.416 e. The van der Waals surface area contributed by atoms with Crippen molar-refractivity contribution in [2.75, 3.05) is 24.2 Å². The zero-order valence-corrected chi connectivity index (χ0v) is 20.4. The number of halogens is 5. The highest BCUT2D eigenvalue weighted by atomic mass is 35.5. The second-order valence-electron chi connectivity index (χ2n) is 7.15. The molecular formula is C21H17Cl2F3N4O4S. The Morgan fingerprint density at radius 2 is 1.91 bits per heavy atom. The highest BCUT2D eigenvalue weighted by Gasteiger charge is 2.33. The fourth-order valence-electron chi connectivity index (χ4n) is 2.96. The molecule has 0 bridgehead atoms. The molecule has 3 rings (SSSR count). The number of nitrogens with one attached hydrogen (secondary N) is 1. The molecule has 1 amide bonds. The molecule has 3 aromatic rings. The summed E-state index contributed by atoms with van der Waals surface area (Å²) in [6.07, 6.45) is -2.82. The molecule has 1 heterocycles. The highest BCUT2D eigenvalue weighted by Crippen LogP contribution is 2.36. The van der Waals surface area contributed by atoms with Gasteiger partial charge in [0.05, 0.1) is 41.4 Å². The van der Waals surface area contributed by atoms with Crippen LogP contribution in [0.2, 0.25) is 10.2 Å². The summed E-state index contributed by atoms with van der Waals surface area (Å²) in [4.78, 5) is 16.6. The van der Waals surface area contributed by atoms with Gasteiger partial charge in [0.15, 0.2) is 0 Å². The minimum absolute atomic E-state index is 0.0808. The fourth-order valence-corrected chi connectivity index (χ4v) is 4.28. The van der Waals surface area contributed by atoms with Crippen molar-refractivity contribution in [3.05, 3.63) is 63.8 Å². The number of hydrazone groups is 1. The minimum atomic E-state index is -4.74. The molecule has 0 unspecified atom stereocenters. The number of aromatic nitrogens is 1. The second kappa shape index (κ2) is 10.3. The van der Waals surface area contributed by atoms with Crippen LogP contribution in [0.25, 0.3) is 10.9 Å². The molecular weight excluding hydrogens is 532 g/mol. The van der Waals surface area contributed by atoms with Crippen molar-refractivity contribution in [2.24, 2.45) is 5.10 Å². The van der Waals surface area contributed by atoms with Crippen molar-refractivity contribution in [1.29, 1.82) is 0 Å². The number of hydrogen-bond donors (Lipinski definition) is 1. The molecule has 0 aliphatic rings. The summed E-state index contributed by atoms with van der Waals surface area (Å²) < 4.78 is 69.3. The van der Waals surface area contributed by atoms with Gasteiger partial charge in [0.1, 0.15) is 17.4 Å². The quantitative estimate of drug-likeness (QED) is 0.266. The number of rotatable bonds is 7. The van der Waals surface area contributed by atoms with Gasteiger partial charge in [0, 0.05) is 17.0 Å². The standard InChI is InChI=1S/C21H17Cl2F3N4O4S/c1-34-15-5-3-12-7-13(20(23)28-17(12)9-15)10-27-29-19(31)11-30(35(2,32)33)18-8-14(21(24,25)26)4-6-16(18)22/h3-10H,11H2,1-2H3,(H,29,31)/b27-10-. The maximum Gasteiger partial charge on any atom is 0.416 e. The van der Waals surface area contributed by atoms with Gasteiger partial charge in [0.2, 0.25) is 10.0 Å². The van der Waals surface area contributed by atoms with Gasteiger partial charge in [-0.1, -0.05) is 23.2 Å². The normalized spacial score (nSPS) is 12.2. The number of sulfonamides is 1. The number of hydrogen-bond acceptors (Lipinski definition) is 6. The summed E-state index contributed by atoms with van der Waals surface area (Å²) in [7, 11) is -2.67. The number of amides is 1. The third kappa shape index (κ3) is 6.53. The zero-order valence-electron chi connectivity index (χ0n) is 18.1. The Labute approximate surface area is 208 Å². The summed E-state index contributed by atoms with van der Waals surface area (Å²) in [6, 6.07) is 8.96. The number of benzene rings is 2. The van der Waals surface area contributed by atoms with E-state index < -0.39 is 39.9 Å². The van der Waals surface area contributed by atoms with Crippen LogP contribution in [0.15, 0.2) is 47.6 Å². The Morgan fingerprint density at radius 3 is 2.54 bits per heavy atom.